The summed E-state index contributed by atoms with van der Waals surface area (Å²) in [5.41, 5.74) is 5.26. The van der Waals surface area contributed by atoms with E-state index in [9.17, 15) is 5.11 Å². The van der Waals surface area contributed by atoms with E-state index in [4.69, 9.17) is 0 Å². The number of para-hydroxylation sites is 1. The van der Waals surface area contributed by atoms with Crippen molar-refractivity contribution in [2.75, 3.05) is 0 Å². The zero-order chi connectivity index (χ0) is 13.1. The van der Waals surface area contributed by atoms with Crippen LogP contribution in [-0.4, -0.2) is 19.2 Å². The molecule has 2 nitrogen and oxygen atoms in total. The van der Waals surface area contributed by atoms with E-state index in [0.29, 0.717) is 0 Å². The van der Waals surface area contributed by atoms with E-state index in [2.05, 4.69) is 38.8 Å². The minimum atomic E-state index is 0.253. The number of aryl methyl sites for hydroxylation is 2. The van der Waals surface area contributed by atoms with Crippen molar-refractivity contribution in [2.24, 2.45) is 4.99 Å². The topological polar surface area (TPSA) is 32.6 Å². The first-order chi connectivity index (χ1) is 8.58. The summed E-state index contributed by atoms with van der Waals surface area (Å²) in [7, 11) is 2.08. The number of aromatic hydroxyl groups is 1. The highest BCUT2D eigenvalue weighted by Gasteiger charge is 2.02. The number of hydrogen-bond donors (Lipinski definition) is 1. The minimum Gasteiger partial charge on any atom is -0.507 e. The standard InChI is InChI=1S/C15H16BNO/c1-10-7-13(16)8-11(2)15(10)17-9-12-5-3-4-6-14(12)18/h3-9,18H,16H2,1-2H3/b17-9+. The van der Waals surface area contributed by atoms with Crippen LogP contribution in [0.2, 0.25) is 0 Å². The highest BCUT2D eigenvalue weighted by Crippen LogP contribution is 2.22. The van der Waals surface area contributed by atoms with Crippen LogP contribution in [0.15, 0.2) is 41.4 Å². The van der Waals surface area contributed by atoms with E-state index < -0.39 is 0 Å². The number of phenolic OH excluding ortho intramolecular Hbond substituents is 1. The molecular formula is C15H16BNO. The zero-order valence-electron chi connectivity index (χ0n) is 10.9. The maximum Gasteiger partial charge on any atom is 0.139 e. The van der Waals surface area contributed by atoms with Crippen LogP contribution < -0.4 is 5.46 Å². The molecule has 0 bridgehead atoms. The molecule has 2 aromatic rings. The van der Waals surface area contributed by atoms with Gasteiger partial charge < -0.3 is 5.11 Å². The Bertz CT molecular complexity index is 582. The molecule has 0 fully saturated rings. The van der Waals surface area contributed by atoms with Crippen LogP contribution in [0.4, 0.5) is 5.69 Å². The van der Waals surface area contributed by atoms with Crippen molar-refractivity contribution in [3.63, 3.8) is 0 Å². The summed E-state index contributed by atoms with van der Waals surface area (Å²) in [4.78, 5) is 4.49. The van der Waals surface area contributed by atoms with Gasteiger partial charge >= 0.3 is 0 Å². The van der Waals surface area contributed by atoms with Crippen molar-refractivity contribution in [3.8, 4) is 5.75 Å². The molecule has 0 radical (unpaired) electrons. The molecule has 90 valence electrons. The molecule has 0 amide bonds. The van der Waals surface area contributed by atoms with E-state index >= 15 is 0 Å². The Balaban J connectivity index is 2.38. The quantitative estimate of drug-likeness (QED) is 0.629. The number of aliphatic imine (C=N–C) groups is 1. The summed E-state index contributed by atoms with van der Waals surface area (Å²) in [6, 6.07) is 11.4. The Hall–Kier alpha value is -2.03. The Kier molecular flexibility index (Phi) is 3.51. The third-order valence-electron chi connectivity index (χ3n) is 2.90. The van der Waals surface area contributed by atoms with Crippen molar-refractivity contribution in [2.45, 2.75) is 13.8 Å². The lowest BCUT2D eigenvalue weighted by Gasteiger charge is -2.06. The van der Waals surface area contributed by atoms with Gasteiger partial charge in [-0.05, 0) is 37.1 Å². The van der Waals surface area contributed by atoms with Gasteiger partial charge in [-0.25, -0.2) is 0 Å². The van der Waals surface area contributed by atoms with Crippen LogP contribution in [0.1, 0.15) is 16.7 Å². The van der Waals surface area contributed by atoms with Crippen molar-refractivity contribution in [3.05, 3.63) is 53.1 Å². The summed E-state index contributed by atoms with van der Waals surface area (Å²) in [6.07, 6.45) is 1.71. The molecule has 0 aliphatic carbocycles. The Morgan fingerprint density at radius 1 is 1.11 bits per heavy atom. The monoisotopic (exact) mass is 237 g/mol. The highest BCUT2D eigenvalue weighted by atomic mass is 16.3. The molecule has 0 spiro atoms. The van der Waals surface area contributed by atoms with Gasteiger partial charge in [0, 0.05) is 11.8 Å². The predicted octanol–water partition coefficient (Wildman–Crippen LogP) is 2.02. The van der Waals surface area contributed by atoms with E-state index in [0.717, 1.165) is 22.4 Å². The fraction of sp³-hybridized carbons (Fsp3) is 0.133. The first kappa shape index (κ1) is 12.4. The molecule has 0 heterocycles. The lowest BCUT2D eigenvalue weighted by Crippen LogP contribution is -2.03. The molecule has 2 rings (SSSR count). The SMILES string of the molecule is Bc1cc(C)c(/N=C/c2ccccc2O)c(C)c1. The summed E-state index contributed by atoms with van der Waals surface area (Å²) < 4.78 is 0. The summed E-state index contributed by atoms with van der Waals surface area (Å²) in [5, 5.41) is 9.68. The third kappa shape index (κ3) is 2.62. The fourth-order valence-electron chi connectivity index (χ4n) is 2.11. The Morgan fingerprint density at radius 2 is 1.72 bits per heavy atom. The molecule has 3 heteroatoms. The summed E-state index contributed by atoms with van der Waals surface area (Å²) in [6.45, 7) is 4.11. The molecule has 2 aromatic carbocycles. The van der Waals surface area contributed by atoms with Crippen LogP contribution in [0.25, 0.3) is 0 Å². The van der Waals surface area contributed by atoms with Crippen LogP contribution in [0, 0.1) is 13.8 Å². The van der Waals surface area contributed by atoms with Crippen LogP contribution in [0.5, 0.6) is 5.75 Å². The molecule has 0 saturated heterocycles. The predicted molar refractivity (Wildman–Crippen MR) is 79.5 cm³/mol. The first-order valence-corrected chi connectivity index (χ1v) is 5.98. The van der Waals surface area contributed by atoms with Crippen LogP contribution >= 0.6 is 0 Å². The van der Waals surface area contributed by atoms with Crippen molar-refractivity contribution in [1.82, 2.24) is 0 Å². The zero-order valence-corrected chi connectivity index (χ0v) is 10.9. The summed E-state index contributed by atoms with van der Waals surface area (Å²) in [5.74, 6) is 0.253. The lowest BCUT2D eigenvalue weighted by atomic mass is 9.91. The molecule has 0 aromatic heterocycles. The molecule has 0 atom stereocenters. The Labute approximate surface area is 108 Å². The number of rotatable bonds is 2. The van der Waals surface area contributed by atoms with Crippen LogP contribution in [0.3, 0.4) is 0 Å². The van der Waals surface area contributed by atoms with Crippen molar-refractivity contribution >= 4 is 25.2 Å². The molecular weight excluding hydrogens is 221 g/mol. The molecule has 0 aliphatic rings. The first-order valence-electron chi connectivity index (χ1n) is 5.98. The molecule has 0 aliphatic heterocycles. The van der Waals surface area contributed by atoms with Gasteiger partial charge in [0.2, 0.25) is 0 Å². The van der Waals surface area contributed by atoms with Gasteiger partial charge in [0.05, 0.1) is 5.69 Å². The van der Waals surface area contributed by atoms with E-state index in [-0.39, 0.29) is 5.75 Å². The second kappa shape index (κ2) is 5.09. The largest absolute Gasteiger partial charge is 0.507 e. The van der Waals surface area contributed by atoms with Crippen LogP contribution in [-0.2, 0) is 0 Å². The van der Waals surface area contributed by atoms with E-state index in [1.807, 2.05) is 12.1 Å². The van der Waals surface area contributed by atoms with Gasteiger partial charge in [0.15, 0.2) is 0 Å². The molecule has 0 unspecified atom stereocenters. The van der Waals surface area contributed by atoms with Gasteiger partial charge in [-0.3, -0.25) is 4.99 Å². The Morgan fingerprint density at radius 3 is 2.33 bits per heavy atom. The van der Waals surface area contributed by atoms with Gasteiger partial charge in [0.25, 0.3) is 0 Å². The average molecular weight is 237 g/mol. The van der Waals surface area contributed by atoms with Gasteiger partial charge in [0.1, 0.15) is 13.6 Å². The van der Waals surface area contributed by atoms with Gasteiger partial charge in [-0.2, -0.15) is 0 Å². The highest BCUT2D eigenvalue weighted by molar-refractivity contribution is 6.32. The number of phenols is 1. The average Bonchev–Trinajstić information content (AvgIpc) is 2.30. The van der Waals surface area contributed by atoms with Gasteiger partial charge in [-0.15, -0.1) is 0 Å². The maximum absolute atomic E-state index is 9.68. The van der Waals surface area contributed by atoms with Gasteiger partial charge in [-0.1, -0.05) is 29.7 Å². The smallest absolute Gasteiger partial charge is 0.139 e. The lowest BCUT2D eigenvalue weighted by molar-refractivity contribution is 0.474. The third-order valence-corrected chi connectivity index (χ3v) is 2.90. The number of hydrogen-bond acceptors (Lipinski definition) is 2. The number of benzene rings is 2. The molecule has 0 saturated carbocycles. The van der Waals surface area contributed by atoms with Crippen molar-refractivity contribution in [1.29, 1.82) is 0 Å². The summed E-state index contributed by atoms with van der Waals surface area (Å²) >= 11 is 0. The normalized spacial score (nSPS) is 11.0. The molecule has 1 N–H and O–H groups in total. The minimum absolute atomic E-state index is 0.253. The van der Waals surface area contributed by atoms with Crippen molar-refractivity contribution < 1.29 is 5.11 Å². The second-order valence-corrected chi connectivity index (χ2v) is 4.56. The second-order valence-electron chi connectivity index (χ2n) is 4.56. The molecule has 18 heavy (non-hydrogen) atoms. The maximum atomic E-state index is 9.68. The van der Waals surface area contributed by atoms with E-state index in [1.165, 1.54) is 5.46 Å². The fourth-order valence-corrected chi connectivity index (χ4v) is 2.11. The number of nitrogens with zero attached hydrogens (tertiary/aromatic N) is 1. The van der Waals surface area contributed by atoms with E-state index in [1.54, 1.807) is 18.3 Å².